The number of benzene rings is 1. The molecular weight excluding hydrogens is 291 g/mol. The largest absolute Gasteiger partial charge is 0.341 e. The zero-order valence-electron chi connectivity index (χ0n) is 13.1. The minimum Gasteiger partial charge on any atom is -0.341 e. The van der Waals surface area contributed by atoms with Crippen molar-refractivity contribution >= 4 is 0 Å². The molecule has 1 aliphatic carbocycles. The number of nitrogens with zero attached hydrogens (tertiary/aromatic N) is 2. The van der Waals surface area contributed by atoms with Gasteiger partial charge in [0.1, 0.15) is 11.6 Å². The molecule has 0 spiro atoms. The summed E-state index contributed by atoms with van der Waals surface area (Å²) in [6.07, 6.45) is 0.988. The maximum Gasteiger partial charge on any atom is 0.137 e. The molecule has 2 aromatic rings. The van der Waals surface area contributed by atoms with Crippen LogP contribution < -0.4 is 5.32 Å². The van der Waals surface area contributed by atoms with Crippen LogP contribution in [-0.4, -0.2) is 41.0 Å². The van der Waals surface area contributed by atoms with E-state index in [9.17, 15) is 4.39 Å². The minimum absolute atomic E-state index is 0.215. The first kappa shape index (κ1) is 13.7. The summed E-state index contributed by atoms with van der Waals surface area (Å²) in [6, 6.07) is 6.65. The number of imidazole rings is 1. The van der Waals surface area contributed by atoms with Crippen LogP contribution in [0, 0.1) is 23.6 Å². The third-order valence-corrected chi connectivity index (χ3v) is 5.75. The van der Waals surface area contributed by atoms with E-state index in [0.717, 1.165) is 54.3 Å². The number of rotatable bonds is 3. The highest BCUT2D eigenvalue weighted by atomic mass is 19.1. The summed E-state index contributed by atoms with van der Waals surface area (Å²) in [7, 11) is 0. The lowest BCUT2D eigenvalue weighted by Gasteiger charge is -2.26. The molecule has 3 aliphatic rings. The summed E-state index contributed by atoms with van der Waals surface area (Å²) in [5.41, 5.74) is 3.19. The van der Waals surface area contributed by atoms with Crippen molar-refractivity contribution < 1.29 is 4.39 Å². The normalized spacial score (nSPS) is 29.3. The van der Waals surface area contributed by atoms with Crippen LogP contribution in [0.1, 0.15) is 11.4 Å². The van der Waals surface area contributed by atoms with Crippen molar-refractivity contribution in [1.29, 1.82) is 0 Å². The first-order valence-corrected chi connectivity index (χ1v) is 8.55. The highest BCUT2D eigenvalue weighted by molar-refractivity contribution is 5.56. The van der Waals surface area contributed by atoms with Gasteiger partial charge in [0.2, 0.25) is 0 Å². The van der Waals surface area contributed by atoms with Crippen molar-refractivity contribution in [3.63, 3.8) is 0 Å². The third kappa shape index (κ3) is 2.39. The second-order valence-corrected chi connectivity index (χ2v) is 7.16. The number of aromatic amines is 1. The smallest absolute Gasteiger partial charge is 0.137 e. The lowest BCUT2D eigenvalue weighted by Crippen LogP contribution is -2.34. The molecule has 0 amide bonds. The number of hydrogen-bond acceptors (Lipinski definition) is 3. The number of H-pyrrole nitrogens is 1. The lowest BCUT2D eigenvalue weighted by molar-refractivity contribution is 0.229. The van der Waals surface area contributed by atoms with Gasteiger partial charge < -0.3 is 10.3 Å². The molecule has 1 saturated heterocycles. The Balaban J connectivity index is 1.31. The average molecular weight is 312 g/mol. The molecule has 23 heavy (non-hydrogen) atoms. The third-order valence-electron chi connectivity index (χ3n) is 5.75. The Morgan fingerprint density at radius 1 is 1.26 bits per heavy atom. The number of halogens is 1. The van der Waals surface area contributed by atoms with Gasteiger partial charge in [0.05, 0.1) is 11.4 Å². The van der Waals surface area contributed by atoms with Gasteiger partial charge in [-0.1, -0.05) is 12.1 Å². The molecule has 1 unspecified atom stereocenters. The van der Waals surface area contributed by atoms with E-state index in [1.54, 1.807) is 12.1 Å². The molecule has 1 aromatic heterocycles. The monoisotopic (exact) mass is 312 g/mol. The Hall–Kier alpha value is -1.72. The zero-order valence-corrected chi connectivity index (χ0v) is 13.1. The predicted octanol–water partition coefficient (Wildman–Crippen LogP) is 2.04. The van der Waals surface area contributed by atoms with E-state index in [0.29, 0.717) is 0 Å². The maximum atomic E-state index is 13.4. The van der Waals surface area contributed by atoms with Crippen molar-refractivity contribution in [2.45, 2.75) is 13.0 Å². The van der Waals surface area contributed by atoms with E-state index in [-0.39, 0.29) is 5.82 Å². The Kier molecular flexibility index (Phi) is 3.06. The van der Waals surface area contributed by atoms with Gasteiger partial charge in [-0.15, -0.1) is 0 Å². The molecule has 2 aliphatic heterocycles. The summed E-state index contributed by atoms with van der Waals surface area (Å²) in [5.74, 6) is 3.31. The van der Waals surface area contributed by atoms with Crippen LogP contribution in [0.2, 0.25) is 0 Å². The SMILES string of the molecule is Fc1cccc(-c2nc3c([nH]2)CN(CC2[C@H]4CNC[C@@H]24)CC3)c1. The fourth-order valence-electron chi connectivity index (χ4n) is 4.39. The molecular formula is C18H21FN4. The van der Waals surface area contributed by atoms with Crippen LogP contribution in [0.3, 0.4) is 0 Å². The van der Waals surface area contributed by atoms with Crippen molar-refractivity contribution in [2.75, 3.05) is 26.2 Å². The van der Waals surface area contributed by atoms with Gasteiger partial charge in [-0.2, -0.15) is 0 Å². The lowest BCUT2D eigenvalue weighted by atomic mass is 10.1. The first-order chi connectivity index (χ1) is 11.3. The quantitative estimate of drug-likeness (QED) is 0.911. The first-order valence-electron chi connectivity index (χ1n) is 8.55. The van der Waals surface area contributed by atoms with E-state index >= 15 is 0 Å². The van der Waals surface area contributed by atoms with Crippen molar-refractivity contribution in [3.05, 3.63) is 41.5 Å². The van der Waals surface area contributed by atoms with E-state index in [1.807, 2.05) is 6.07 Å². The van der Waals surface area contributed by atoms with Gasteiger partial charge in [-0.25, -0.2) is 9.37 Å². The molecule has 5 rings (SSSR count). The van der Waals surface area contributed by atoms with Crippen LogP contribution in [0.15, 0.2) is 24.3 Å². The van der Waals surface area contributed by atoms with Crippen LogP contribution >= 0.6 is 0 Å². The second-order valence-electron chi connectivity index (χ2n) is 7.16. The summed E-state index contributed by atoms with van der Waals surface area (Å²) in [6.45, 7) is 5.67. The Bertz CT molecular complexity index is 730. The number of hydrogen-bond donors (Lipinski definition) is 2. The summed E-state index contributed by atoms with van der Waals surface area (Å²) < 4.78 is 13.4. The molecule has 120 valence electrons. The van der Waals surface area contributed by atoms with E-state index in [1.165, 1.54) is 31.4 Å². The summed E-state index contributed by atoms with van der Waals surface area (Å²) in [5, 5.41) is 3.47. The van der Waals surface area contributed by atoms with E-state index < -0.39 is 0 Å². The van der Waals surface area contributed by atoms with Crippen molar-refractivity contribution in [2.24, 2.45) is 17.8 Å². The second kappa shape index (κ2) is 5.14. The Labute approximate surface area is 135 Å². The molecule has 2 fully saturated rings. The van der Waals surface area contributed by atoms with Crippen molar-refractivity contribution in [3.8, 4) is 11.4 Å². The van der Waals surface area contributed by atoms with Crippen molar-refractivity contribution in [1.82, 2.24) is 20.2 Å². The predicted molar refractivity (Wildman–Crippen MR) is 86.3 cm³/mol. The highest BCUT2D eigenvalue weighted by Gasteiger charge is 2.52. The van der Waals surface area contributed by atoms with Gasteiger partial charge in [0.25, 0.3) is 0 Å². The van der Waals surface area contributed by atoms with Gasteiger partial charge >= 0.3 is 0 Å². The van der Waals surface area contributed by atoms with E-state index in [4.69, 9.17) is 0 Å². The van der Waals surface area contributed by atoms with Crippen LogP contribution in [0.4, 0.5) is 4.39 Å². The van der Waals surface area contributed by atoms with Gasteiger partial charge in [0.15, 0.2) is 0 Å². The number of aromatic nitrogens is 2. The zero-order chi connectivity index (χ0) is 15.4. The molecule has 3 atom stereocenters. The topological polar surface area (TPSA) is 44.0 Å². The average Bonchev–Trinajstić information content (AvgIpc) is 2.97. The molecule has 5 heteroatoms. The fraction of sp³-hybridized carbons (Fsp3) is 0.500. The minimum atomic E-state index is -0.215. The molecule has 4 nitrogen and oxygen atoms in total. The summed E-state index contributed by atoms with van der Waals surface area (Å²) >= 11 is 0. The Morgan fingerprint density at radius 2 is 2.13 bits per heavy atom. The van der Waals surface area contributed by atoms with Crippen LogP contribution in [0.25, 0.3) is 11.4 Å². The number of nitrogens with one attached hydrogen (secondary N) is 2. The summed E-state index contributed by atoms with van der Waals surface area (Å²) in [4.78, 5) is 10.7. The molecule has 1 saturated carbocycles. The molecule has 0 bridgehead atoms. The highest BCUT2D eigenvalue weighted by Crippen LogP contribution is 2.49. The maximum absolute atomic E-state index is 13.4. The molecule has 2 N–H and O–H groups in total. The van der Waals surface area contributed by atoms with Gasteiger partial charge in [-0.05, 0) is 43.0 Å². The van der Waals surface area contributed by atoms with Crippen LogP contribution in [-0.2, 0) is 13.0 Å². The van der Waals surface area contributed by atoms with Crippen LogP contribution in [0.5, 0.6) is 0 Å². The molecule has 3 heterocycles. The van der Waals surface area contributed by atoms with Gasteiger partial charge in [-0.3, -0.25) is 4.90 Å². The number of fused-ring (bicyclic) bond motifs is 2. The molecule has 1 aromatic carbocycles. The Morgan fingerprint density at radius 3 is 2.96 bits per heavy atom. The fourth-order valence-corrected chi connectivity index (χ4v) is 4.39. The van der Waals surface area contributed by atoms with E-state index in [2.05, 4.69) is 20.2 Å². The standard InChI is InChI=1S/C18H21FN4/c19-12-3-1-2-11(6-12)18-21-16-4-5-23(10-17(16)22-18)9-15-13-7-20-8-14(13)15/h1-3,6,13-15,20H,4-5,7-10H2,(H,21,22)/t13-,14+,15?. The van der Waals surface area contributed by atoms with Gasteiger partial charge in [0, 0.05) is 31.6 Å². The molecule has 0 radical (unpaired) electrons. The number of piperidine rings is 1.